The van der Waals surface area contributed by atoms with Gasteiger partial charge in [-0.05, 0) is 11.4 Å². The molecule has 0 aromatic carbocycles. The molecule has 0 fully saturated rings. The number of nitrogens with two attached hydrogens (primary N) is 1. The number of carbonyl (C=O) groups excluding carboxylic acids is 1. The molecule has 0 unspecified atom stereocenters. The van der Waals surface area contributed by atoms with E-state index in [9.17, 15) is 4.79 Å². The third-order valence-corrected chi connectivity index (χ3v) is 3.05. The highest BCUT2D eigenvalue weighted by atomic mass is 32.1. The van der Waals surface area contributed by atoms with Crippen LogP contribution in [0, 0.1) is 0 Å². The Morgan fingerprint density at radius 3 is 3.00 bits per heavy atom. The van der Waals surface area contributed by atoms with Crippen LogP contribution in [-0.2, 0) is 4.79 Å². The Kier molecular flexibility index (Phi) is 3.90. The number of nitrogens with one attached hydrogen (secondary N) is 3. The molecule has 0 aliphatic rings. The molecule has 18 heavy (non-hydrogen) atoms. The number of hydrazine groups is 1. The van der Waals surface area contributed by atoms with Crippen LogP contribution in [0.15, 0.2) is 11.4 Å². The Bertz CT molecular complexity index is 554. The zero-order chi connectivity index (χ0) is 13.0. The molecule has 0 spiro atoms. The highest BCUT2D eigenvalue weighted by Crippen LogP contribution is 2.25. The van der Waals surface area contributed by atoms with Crippen molar-refractivity contribution in [2.75, 3.05) is 23.8 Å². The highest BCUT2D eigenvalue weighted by molar-refractivity contribution is 7.16. The van der Waals surface area contributed by atoms with Gasteiger partial charge in [-0.3, -0.25) is 10.2 Å². The third kappa shape index (κ3) is 2.84. The molecule has 8 heteroatoms. The van der Waals surface area contributed by atoms with Gasteiger partial charge in [0, 0.05) is 20.0 Å². The van der Waals surface area contributed by atoms with Gasteiger partial charge in [0.1, 0.15) is 10.6 Å². The number of hydrogen-bond acceptors (Lipinski definition) is 7. The molecule has 0 radical (unpaired) electrons. The molecular formula is C10H14N6OS. The van der Waals surface area contributed by atoms with Crippen LogP contribution in [0.3, 0.4) is 0 Å². The van der Waals surface area contributed by atoms with E-state index in [0.717, 1.165) is 10.2 Å². The number of anilines is 2. The lowest BCUT2D eigenvalue weighted by Crippen LogP contribution is -2.26. The summed E-state index contributed by atoms with van der Waals surface area (Å²) >= 11 is 1.52. The molecule has 2 aromatic rings. The second kappa shape index (κ2) is 5.61. The minimum atomic E-state index is -0.0514. The molecule has 2 aromatic heterocycles. The predicted octanol–water partition coefficient (Wildman–Crippen LogP) is 0.525. The Morgan fingerprint density at radius 1 is 1.44 bits per heavy atom. The molecular weight excluding hydrogens is 252 g/mol. The molecule has 2 rings (SSSR count). The smallest absolute Gasteiger partial charge is 0.240 e. The lowest BCUT2D eigenvalue weighted by Gasteiger charge is -2.08. The Labute approximate surface area is 108 Å². The number of amides is 1. The molecule has 0 aliphatic heterocycles. The minimum absolute atomic E-state index is 0.0514. The second-order valence-corrected chi connectivity index (χ2v) is 4.48. The molecule has 1 amide bonds. The maximum Gasteiger partial charge on any atom is 0.240 e. The van der Waals surface area contributed by atoms with Crippen molar-refractivity contribution < 1.29 is 4.79 Å². The number of aromatic nitrogens is 2. The van der Waals surface area contributed by atoms with Gasteiger partial charge in [-0.1, -0.05) is 0 Å². The maximum absolute atomic E-state index is 10.7. The van der Waals surface area contributed by atoms with E-state index in [1.807, 2.05) is 11.4 Å². The number of nitrogen functional groups attached to an aromatic ring is 1. The SMILES string of the molecule is CC(=O)NCCNc1nc(NN)nc2sccc12. The van der Waals surface area contributed by atoms with E-state index in [1.54, 1.807) is 0 Å². The lowest BCUT2D eigenvalue weighted by molar-refractivity contribution is -0.118. The van der Waals surface area contributed by atoms with Gasteiger partial charge in [0.15, 0.2) is 0 Å². The first-order chi connectivity index (χ1) is 8.70. The van der Waals surface area contributed by atoms with Crippen molar-refractivity contribution in [1.82, 2.24) is 15.3 Å². The number of nitrogens with zero attached hydrogens (tertiary/aromatic N) is 2. The largest absolute Gasteiger partial charge is 0.368 e. The zero-order valence-corrected chi connectivity index (χ0v) is 10.7. The van der Waals surface area contributed by atoms with E-state index in [1.165, 1.54) is 18.3 Å². The molecule has 7 nitrogen and oxygen atoms in total. The van der Waals surface area contributed by atoms with Gasteiger partial charge in [-0.2, -0.15) is 4.98 Å². The molecule has 0 atom stereocenters. The first kappa shape index (κ1) is 12.5. The summed E-state index contributed by atoms with van der Waals surface area (Å²) < 4.78 is 0. The fraction of sp³-hybridized carbons (Fsp3) is 0.300. The minimum Gasteiger partial charge on any atom is -0.368 e. The van der Waals surface area contributed by atoms with Crippen LogP contribution in [0.1, 0.15) is 6.92 Å². The summed E-state index contributed by atoms with van der Waals surface area (Å²) in [6.45, 7) is 2.61. The highest BCUT2D eigenvalue weighted by Gasteiger charge is 2.07. The van der Waals surface area contributed by atoms with Crippen LogP contribution in [-0.4, -0.2) is 29.0 Å². The van der Waals surface area contributed by atoms with Crippen molar-refractivity contribution in [3.63, 3.8) is 0 Å². The Balaban J connectivity index is 2.10. The zero-order valence-electron chi connectivity index (χ0n) is 9.86. The first-order valence-corrected chi connectivity index (χ1v) is 6.29. The average Bonchev–Trinajstić information content (AvgIpc) is 2.82. The summed E-state index contributed by atoms with van der Waals surface area (Å²) in [4.78, 5) is 20.1. The summed E-state index contributed by atoms with van der Waals surface area (Å²) in [5.41, 5.74) is 2.43. The van der Waals surface area contributed by atoms with Crippen molar-refractivity contribution in [2.45, 2.75) is 6.92 Å². The number of fused-ring (bicyclic) bond motifs is 1. The van der Waals surface area contributed by atoms with Crippen molar-refractivity contribution in [1.29, 1.82) is 0 Å². The molecule has 0 saturated carbocycles. The first-order valence-electron chi connectivity index (χ1n) is 5.41. The van der Waals surface area contributed by atoms with Crippen LogP contribution < -0.4 is 21.9 Å². The van der Waals surface area contributed by atoms with Gasteiger partial charge in [0.25, 0.3) is 0 Å². The number of carbonyl (C=O) groups is 1. The quantitative estimate of drug-likeness (QED) is 0.357. The summed E-state index contributed by atoms with van der Waals surface area (Å²) in [5.74, 6) is 6.34. The van der Waals surface area contributed by atoms with Gasteiger partial charge in [0.05, 0.1) is 5.39 Å². The standard InChI is InChI=1S/C10H14N6OS/c1-6(17)12-3-4-13-8-7-2-5-18-9(7)15-10(14-8)16-11/h2,5H,3-4,11H2,1H3,(H,12,17)(H2,13,14,15,16). The molecule has 0 aliphatic carbocycles. The van der Waals surface area contributed by atoms with Crippen molar-refractivity contribution >= 4 is 39.2 Å². The third-order valence-electron chi connectivity index (χ3n) is 2.25. The fourth-order valence-corrected chi connectivity index (χ4v) is 2.24. The van der Waals surface area contributed by atoms with Gasteiger partial charge in [-0.15, -0.1) is 11.3 Å². The Hall–Kier alpha value is -1.93. The molecule has 96 valence electrons. The molecule has 5 N–H and O–H groups in total. The number of rotatable bonds is 5. The van der Waals surface area contributed by atoms with E-state index in [2.05, 4.69) is 26.0 Å². The number of thiophene rings is 1. The van der Waals surface area contributed by atoms with Crippen molar-refractivity contribution in [2.24, 2.45) is 5.84 Å². The van der Waals surface area contributed by atoms with E-state index >= 15 is 0 Å². The Morgan fingerprint density at radius 2 is 2.28 bits per heavy atom. The van der Waals surface area contributed by atoms with Crippen molar-refractivity contribution in [3.8, 4) is 0 Å². The summed E-state index contributed by atoms with van der Waals surface area (Å²) in [7, 11) is 0. The second-order valence-electron chi connectivity index (χ2n) is 3.59. The summed E-state index contributed by atoms with van der Waals surface area (Å²) in [6.07, 6.45) is 0. The molecule has 2 heterocycles. The van der Waals surface area contributed by atoms with Crippen LogP contribution in [0.25, 0.3) is 10.2 Å². The van der Waals surface area contributed by atoms with E-state index < -0.39 is 0 Å². The fourth-order valence-electron chi connectivity index (χ4n) is 1.47. The topological polar surface area (TPSA) is 105 Å². The van der Waals surface area contributed by atoms with Gasteiger partial charge >= 0.3 is 0 Å². The van der Waals surface area contributed by atoms with Gasteiger partial charge in [0.2, 0.25) is 11.9 Å². The van der Waals surface area contributed by atoms with Crippen LogP contribution >= 0.6 is 11.3 Å². The van der Waals surface area contributed by atoms with Gasteiger partial charge < -0.3 is 10.6 Å². The van der Waals surface area contributed by atoms with Crippen molar-refractivity contribution in [3.05, 3.63) is 11.4 Å². The maximum atomic E-state index is 10.7. The summed E-state index contributed by atoms with van der Waals surface area (Å²) in [5, 5.41) is 8.74. The average molecular weight is 266 g/mol. The van der Waals surface area contributed by atoms with E-state index in [4.69, 9.17) is 5.84 Å². The molecule has 0 saturated heterocycles. The van der Waals surface area contributed by atoms with E-state index in [0.29, 0.717) is 24.9 Å². The number of hydrogen-bond donors (Lipinski definition) is 4. The van der Waals surface area contributed by atoms with Crippen LogP contribution in [0.2, 0.25) is 0 Å². The summed E-state index contributed by atoms with van der Waals surface area (Å²) in [6, 6.07) is 1.95. The van der Waals surface area contributed by atoms with Gasteiger partial charge in [-0.25, -0.2) is 10.8 Å². The lowest BCUT2D eigenvalue weighted by atomic mass is 10.4. The van der Waals surface area contributed by atoms with Crippen LogP contribution in [0.5, 0.6) is 0 Å². The normalized spacial score (nSPS) is 10.3. The monoisotopic (exact) mass is 266 g/mol. The van der Waals surface area contributed by atoms with E-state index in [-0.39, 0.29) is 5.91 Å². The molecule has 0 bridgehead atoms. The van der Waals surface area contributed by atoms with Crippen LogP contribution in [0.4, 0.5) is 11.8 Å². The predicted molar refractivity (Wildman–Crippen MR) is 72.4 cm³/mol.